The Balaban J connectivity index is 2.13. The van der Waals surface area contributed by atoms with Gasteiger partial charge in [0.05, 0.1) is 11.3 Å². The van der Waals surface area contributed by atoms with Crippen LogP contribution in [0.1, 0.15) is 17.1 Å². The van der Waals surface area contributed by atoms with Crippen LogP contribution in [0.25, 0.3) is 17.2 Å². The molecule has 0 radical (unpaired) electrons. The van der Waals surface area contributed by atoms with Crippen molar-refractivity contribution in [1.82, 2.24) is 19.5 Å². The van der Waals surface area contributed by atoms with E-state index in [1.807, 2.05) is 0 Å². The standard InChI is InChI=1S/C16H10F6N4/c1-9-23-6-7-26(9)14-24-12(8-13(25-14)16(20,21)22)10-2-4-11(5-3-10)15(17,18)19/h2-8H,1H3. The summed E-state index contributed by atoms with van der Waals surface area (Å²) in [5.74, 6) is 0.0902. The van der Waals surface area contributed by atoms with Crippen LogP contribution in [0.4, 0.5) is 26.3 Å². The predicted octanol–water partition coefficient (Wildman–Crippen LogP) is 4.68. The molecule has 0 bridgehead atoms. The number of imidazole rings is 1. The van der Waals surface area contributed by atoms with Crippen LogP contribution in [0.5, 0.6) is 0 Å². The summed E-state index contributed by atoms with van der Waals surface area (Å²) >= 11 is 0. The van der Waals surface area contributed by atoms with Crippen LogP contribution in [-0.4, -0.2) is 19.5 Å². The molecule has 0 N–H and O–H groups in total. The Hall–Kier alpha value is -2.91. The Morgan fingerprint density at radius 3 is 2.04 bits per heavy atom. The maximum Gasteiger partial charge on any atom is 0.433 e. The molecule has 0 fully saturated rings. The van der Waals surface area contributed by atoms with Gasteiger partial charge in [0.2, 0.25) is 5.95 Å². The molecule has 26 heavy (non-hydrogen) atoms. The highest BCUT2D eigenvalue weighted by atomic mass is 19.4. The third kappa shape index (κ3) is 3.53. The highest BCUT2D eigenvalue weighted by Gasteiger charge is 2.34. The molecule has 0 atom stereocenters. The third-order valence-electron chi connectivity index (χ3n) is 3.55. The van der Waals surface area contributed by atoms with Crippen molar-refractivity contribution in [2.24, 2.45) is 0 Å². The Morgan fingerprint density at radius 2 is 1.54 bits per heavy atom. The molecule has 10 heteroatoms. The number of halogens is 6. The summed E-state index contributed by atoms with van der Waals surface area (Å²) in [4.78, 5) is 11.4. The van der Waals surface area contributed by atoms with Crippen LogP contribution < -0.4 is 0 Å². The molecule has 4 nitrogen and oxygen atoms in total. The topological polar surface area (TPSA) is 43.6 Å². The van der Waals surface area contributed by atoms with E-state index in [0.717, 1.165) is 24.3 Å². The normalized spacial score (nSPS) is 12.4. The second-order valence-corrected chi connectivity index (χ2v) is 5.36. The van der Waals surface area contributed by atoms with Crippen LogP contribution in [0.3, 0.4) is 0 Å². The van der Waals surface area contributed by atoms with Gasteiger partial charge in [0.15, 0.2) is 5.69 Å². The first-order valence-corrected chi connectivity index (χ1v) is 7.20. The Bertz CT molecular complexity index is 925. The molecule has 3 rings (SSSR count). The molecule has 3 aromatic rings. The molecule has 136 valence electrons. The molecule has 2 heterocycles. The number of rotatable bonds is 2. The summed E-state index contributed by atoms with van der Waals surface area (Å²) in [6.45, 7) is 1.56. The first kappa shape index (κ1) is 17.9. The lowest BCUT2D eigenvalue weighted by Crippen LogP contribution is -2.13. The van der Waals surface area contributed by atoms with E-state index >= 15 is 0 Å². The van der Waals surface area contributed by atoms with Gasteiger partial charge in [0.1, 0.15) is 5.82 Å². The summed E-state index contributed by atoms with van der Waals surface area (Å²) in [5, 5.41) is 0. The smallest absolute Gasteiger partial charge is 0.272 e. The largest absolute Gasteiger partial charge is 0.433 e. The quantitative estimate of drug-likeness (QED) is 0.614. The van der Waals surface area contributed by atoms with Gasteiger partial charge < -0.3 is 0 Å². The van der Waals surface area contributed by atoms with Gasteiger partial charge in [0, 0.05) is 18.0 Å². The van der Waals surface area contributed by atoms with Crippen molar-refractivity contribution in [1.29, 1.82) is 0 Å². The molecule has 2 aromatic heterocycles. The molecule has 0 saturated carbocycles. The zero-order chi connectivity index (χ0) is 19.1. The lowest BCUT2D eigenvalue weighted by atomic mass is 10.1. The summed E-state index contributed by atoms with van der Waals surface area (Å²) < 4.78 is 78.7. The predicted molar refractivity (Wildman–Crippen MR) is 79.3 cm³/mol. The van der Waals surface area contributed by atoms with E-state index in [0.29, 0.717) is 11.9 Å². The van der Waals surface area contributed by atoms with Crippen molar-refractivity contribution in [3.63, 3.8) is 0 Å². The number of hydrogen-bond donors (Lipinski definition) is 0. The van der Waals surface area contributed by atoms with Gasteiger partial charge in [0.25, 0.3) is 0 Å². The summed E-state index contributed by atoms with van der Waals surface area (Å²) in [7, 11) is 0. The molecular formula is C16H10F6N4. The van der Waals surface area contributed by atoms with Gasteiger partial charge in [-0.15, -0.1) is 0 Å². The lowest BCUT2D eigenvalue weighted by Gasteiger charge is -2.12. The van der Waals surface area contributed by atoms with Crippen molar-refractivity contribution in [2.45, 2.75) is 19.3 Å². The van der Waals surface area contributed by atoms with Crippen LogP contribution in [0.15, 0.2) is 42.7 Å². The van der Waals surface area contributed by atoms with Crippen molar-refractivity contribution >= 4 is 0 Å². The fourth-order valence-corrected chi connectivity index (χ4v) is 2.25. The van der Waals surface area contributed by atoms with Gasteiger partial charge >= 0.3 is 12.4 Å². The fraction of sp³-hybridized carbons (Fsp3) is 0.188. The highest BCUT2D eigenvalue weighted by molar-refractivity contribution is 5.61. The van der Waals surface area contributed by atoms with Gasteiger partial charge in [-0.3, -0.25) is 4.57 Å². The van der Waals surface area contributed by atoms with Gasteiger partial charge in [-0.05, 0) is 25.1 Å². The molecule has 0 aliphatic heterocycles. The molecule has 0 aliphatic carbocycles. The molecule has 0 unspecified atom stereocenters. The van der Waals surface area contributed by atoms with Crippen LogP contribution >= 0.6 is 0 Å². The Kier molecular flexibility index (Phi) is 4.21. The second-order valence-electron chi connectivity index (χ2n) is 5.36. The van der Waals surface area contributed by atoms with Crippen molar-refractivity contribution in [3.05, 3.63) is 59.8 Å². The zero-order valence-electron chi connectivity index (χ0n) is 13.1. The van der Waals surface area contributed by atoms with E-state index in [1.165, 1.54) is 17.0 Å². The van der Waals surface area contributed by atoms with Crippen LogP contribution in [0.2, 0.25) is 0 Å². The number of alkyl halides is 6. The molecule has 1 aromatic carbocycles. The number of aromatic nitrogens is 4. The Labute approximate surface area is 143 Å². The summed E-state index contributed by atoms with van der Waals surface area (Å²) in [5.41, 5.74) is -2.16. The maximum absolute atomic E-state index is 13.2. The van der Waals surface area contributed by atoms with E-state index in [-0.39, 0.29) is 17.2 Å². The maximum atomic E-state index is 13.2. The van der Waals surface area contributed by atoms with Gasteiger partial charge in [-0.1, -0.05) is 12.1 Å². The van der Waals surface area contributed by atoms with Gasteiger partial charge in [-0.2, -0.15) is 26.3 Å². The monoisotopic (exact) mass is 372 g/mol. The molecule has 0 saturated heterocycles. The minimum absolute atomic E-state index is 0.102. The minimum atomic E-state index is -4.74. The average Bonchev–Trinajstić information content (AvgIpc) is 2.99. The van der Waals surface area contributed by atoms with E-state index in [1.54, 1.807) is 6.92 Å². The molecular weight excluding hydrogens is 362 g/mol. The van der Waals surface area contributed by atoms with Crippen molar-refractivity contribution in [2.75, 3.05) is 0 Å². The minimum Gasteiger partial charge on any atom is -0.272 e. The summed E-state index contributed by atoms with van der Waals surface area (Å²) in [6.07, 6.45) is -6.52. The van der Waals surface area contributed by atoms with E-state index in [9.17, 15) is 26.3 Å². The first-order valence-electron chi connectivity index (χ1n) is 7.20. The zero-order valence-corrected chi connectivity index (χ0v) is 13.1. The van der Waals surface area contributed by atoms with E-state index in [2.05, 4.69) is 15.0 Å². The first-order chi connectivity index (χ1) is 12.1. The molecule has 0 aliphatic rings. The Morgan fingerprint density at radius 1 is 0.885 bits per heavy atom. The number of hydrogen-bond acceptors (Lipinski definition) is 3. The van der Waals surface area contributed by atoms with E-state index < -0.39 is 23.6 Å². The fourth-order valence-electron chi connectivity index (χ4n) is 2.25. The van der Waals surface area contributed by atoms with Crippen LogP contribution in [-0.2, 0) is 12.4 Å². The molecule has 0 amide bonds. The SMILES string of the molecule is Cc1nccn1-c1nc(-c2ccc(C(F)(F)F)cc2)cc(C(F)(F)F)n1. The highest BCUT2D eigenvalue weighted by Crippen LogP contribution is 2.33. The number of nitrogens with zero attached hydrogens (tertiary/aromatic N) is 4. The average molecular weight is 372 g/mol. The number of aryl methyl sites for hydroxylation is 1. The summed E-state index contributed by atoms with van der Waals surface area (Å²) in [6, 6.07) is 4.39. The van der Waals surface area contributed by atoms with Gasteiger partial charge in [-0.25, -0.2) is 15.0 Å². The van der Waals surface area contributed by atoms with Crippen LogP contribution in [0, 0.1) is 6.92 Å². The molecule has 0 spiro atoms. The van der Waals surface area contributed by atoms with E-state index in [4.69, 9.17) is 0 Å². The van der Waals surface area contributed by atoms with Crippen molar-refractivity contribution < 1.29 is 26.3 Å². The van der Waals surface area contributed by atoms with Crippen molar-refractivity contribution in [3.8, 4) is 17.2 Å². The third-order valence-corrected chi connectivity index (χ3v) is 3.55. The number of benzene rings is 1. The second kappa shape index (κ2) is 6.11. The lowest BCUT2D eigenvalue weighted by molar-refractivity contribution is -0.141.